The molecule has 0 spiro atoms. The molecule has 1 aromatic rings. The van der Waals surface area contributed by atoms with E-state index in [1.165, 1.54) is 18.6 Å². The normalized spacial score (nSPS) is 10.4. The average Bonchev–Trinajstić information content (AvgIpc) is 2.40. The van der Waals surface area contributed by atoms with Crippen LogP contribution in [0, 0.1) is 3.57 Å². The van der Waals surface area contributed by atoms with Crippen LogP contribution in [0.5, 0.6) is 5.75 Å². The molecule has 106 valence electrons. The molecule has 5 heteroatoms. The van der Waals surface area contributed by atoms with Gasteiger partial charge in [-0.15, -0.1) is 0 Å². The van der Waals surface area contributed by atoms with Gasteiger partial charge in [-0.2, -0.15) is 11.8 Å². The van der Waals surface area contributed by atoms with Crippen molar-refractivity contribution in [2.24, 2.45) is 0 Å². The maximum Gasteiger partial charge on any atom is 0.255 e. The Kier molecular flexibility index (Phi) is 8.29. The number of rotatable bonds is 8. The molecule has 0 unspecified atom stereocenters. The zero-order chi connectivity index (χ0) is 14.1. The molecule has 0 aliphatic carbocycles. The molecule has 0 radical (unpaired) electrons. The highest BCUT2D eigenvalue weighted by Gasteiger charge is 2.10. The minimum absolute atomic E-state index is 0.0397. The fourth-order valence-electron chi connectivity index (χ4n) is 1.71. The van der Waals surface area contributed by atoms with E-state index in [0.29, 0.717) is 12.1 Å². The van der Waals surface area contributed by atoms with E-state index in [-0.39, 0.29) is 11.7 Å². The molecule has 3 nitrogen and oxygen atoms in total. The Morgan fingerprint density at radius 3 is 2.79 bits per heavy atom. The van der Waals surface area contributed by atoms with Crippen molar-refractivity contribution in [3.05, 3.63) is 27.3 Å². The quantitative estimate of drug-likeness (QED) is 0.524. The summed E-state index contributed by atoms with van der Waals surface area (Å²) in [6.45, 7) is 0.670. The lowest BCUT2D eigenvalue weighted by molar-refractivity contribution is 0.0950. The zero-order valence-corrected chi connectivity index (χ0v) is 14.1. The zero-order valence-electron chi connectivity index (χ0n) is 11.1. The lowest BCUT2D eigenvalue weighted by Crippen LogP contribution is -2.24. The molecule has 0 atom stereocenters. The van der Waals surface area contributed by atoms with Crippen LogP contribution in [0.15, 0.2) is 18.2 Å². The molecule has 0 fully saturated rings. The summed E-state index contributed by atoms with van der Waals surface area (Å²) in [5, 5.41) is 12.5. The fourth-order valence-corrected chi connectivity index (χ4v) is 2.70. The summed E-state index contributed by atoms with van der Waals surface area (Å²) in [6.07, 6.45) is 6.70. The van der Waals surface area contributed by atoms with Gasteiger partial charge in [-0.25, -0.2) is 0 Å². The van der Waals surface area contributed by atoms with Crippen LogP contribution in [-0.2, 0) is 0 Å². The van der Waals surface area contributed by atoms with E-state index in [0.717, 1.165) is 16.4 Å². The van der Waals surface area contributed by atoms with Gasteiger partial charge in [0.1, 0.15) is 5.75 Å². The number of unbranched alkanes of at least 4 members (excludes halogenated alkanes) is 3. The summed E-state index contributed by atoms with van der Waals surface area (Å²) in [6, 6.07) is 5.03. The first-order valence-electron chi connectivity index (χ1n) is 6.41. The van der Waals surface area contributed by atoms with E-state index in [4.69, 9.17) is 0 Å². The highest BCUT2D eigenvalue weighted by Crippen LogP contribution is 2.19. The molecular formula is C14H20INO2S. The second-order valence-electron chi connectivity index (χ2n) is 4.32. The van der Waals surface area contributed by atoms with Crippen LogP contribution in [0.3, 0.4) is 0 Å². The van der Waals surface area contributed by atoms with E-state index in [9.17, 15) is 9.90 Å². The van der Waals surface area contributed by atoms with E-state index in [1.54, 1.807) is 18.2 Å². The number of hydrogen-bond donors (Lipinski definition) is 2. The Morgan fingerprint density at radius 1 is 1.32 bits per heavy atom. The molecular weight excluding hydrogens is 373 g/mol. The smallest absolute Gasteiger partial charge is 0.255 e. The molecule has 0 saturated carbocycles. The number of carbonyl (C=O) groups excluding carboxylic acids is 1. The third-order valence-electron chi connectivity index (χ3n) is 2.76. The van der Waals surface area contributed by atoms with E-state index >= 15 is 0 Å². The summed E-state index contributed by atoms with van der Waals surface area (Å²) in [5.41, 5.74) is 0.356. The number of phenols is 1. The molecule has 0 aliphatic rings. The predicted octanol–water partition coefficient (Wildman–Crippen LogP) is 3.65. The third-order valence-corrected chi connectivity index (χ3v) is 4.13. The molecule has 0 saturated heterocycles. The van der Waals surface area contributed by atoms with E-state index in [2.05, 4.69) is 34.2 Å². The number of hydrogen-bond acceptors (Lipinski definition) is 3. The third kappa shape index (κ3) is 6.51. The molecule has 0 aliphatic heterocycles. The number of halogens is 1. The molecule has 0 heterocycles. The Morgan fingerprint density at radius 2 is 2.05 bits per heavy atom. The van der Waals surface area contributed by atoms with Crippen molar-refractivity contribution in [1.82, 2.24) is 5.32 Å². The van der Waals surface area contributed by atoms with Crippen LogP contribution in [-0.4, -0.2) is 29.6 Å². The highest BCUT2D eigenvalue weighted by molar-refractivity contribution is 14.1. The number of nitrogens with one attached hydrogen (secondary N) is 1. The number of phenolic OH excluding ortho intramolecular Hbond substituents is 1. The van der Waals surface area contributed by atoms with Crippen molar-refractivity contribution in [3.63, 3.8) is 0 Å². The van der Waals surface area contributed by atoms with Crippen LogP contribution < -0.4 is 5.32 Å². The van der Waals surface area contributed by atoms with Gasteiger partial charge < -0.3 is 10.4 Å². The molecule has 2 N–H and O–H groups in total. The van der Waals surface area contributed by atoms with Gasteiger partial charge in [-0.3, -0.25) is 4.79 Å². The van der Waals surface area contributed by atoms with Crippen LogP contribution in [0.1, 0.15) is 36.0 Å². The molecule has 19 heavy (non-hydrogen) atoms. The minimum Gasteiger partial charge on any atom is -0.507 e. The summed E-state index contributed by atoms with van der Waals surface area (Å²) in [4.78, 5) is 11.9. The number of aromatic hydroxyl groups is 1. The summed E-state index contributed by atoms with van der Waals surface area (Å²) in [5.74, 6) is 1.06. The molecule has 0 bridgehead atoms. The second kappa shape index (κ2) is 9.47. The van der Waals surface area contributed by atoms with Crippen molar-refractivity contribution in [3.8, 4) is 5.75 Å². The van der Waals surface area contributed by atoms with Crippen molar-refractivity contribution < 1.29 is 9.90 Å². The Labute approximate surface area is 132 Å². The monoisotopic (exact) mass is 393 g/mol. The molecule has 0 aromatic heterocycles. The summed E-state index contributed by atoms with van der Waals surface area (Å²) < 4.78 is 0.942. The SMILES string of the molecule is CSCCCCCCNC(=O)c1cc(I)ccc1O. The second-order valence-corrected chi connectivity index (χ2v) is 6.56. The standard InChI is InChI=1S/C14H20INO2S/c1-19-9-5-3-2-4-8-16-14(18)12-10-11(15)6-7-13(12)17/h6-7,10,17H,2-5,8-9H2,1H3,(H,16,18). The maximum absolute atomic E-state index is 11.9. The lowest BCUT2D eigenvalue weighted by Gasteiger charge is -2.07. The topological polar surface area (TPSA) is 49.3 Å². The lowest BCUT2D eigenvalue weighted by atomic mass is 10.1. The Hall–Kier alpha value is -0.430. The van der Waals surface area contributed by atoms with E-state index in [1.807, 2.05) is 11.8 Å². The number of benzene rings is 1. The van der Waals surface area contributed by atoms with Gasteiger partial charge in [0, 0.05) is 10.1 Å². The van der Waals surface area contributed by atoms with Crippen LogP contribution in [0.4, 0.5) is 0 Å². The Bertz CT molecular complexity index is 412. The van der Waals surface area contributed by atoms with Crippen molar-refractivity contribution in [2.75, 3.05) is 18.6 Å². The first kappa shape index (κ1) is 16.6. The van der Waals surface area contributed by atoms with Crippen molar-refractivity contribution in [2.45, 2.75) is 25.7 Å². The van der Waals surface area contributed by atoms with Gasteiger partial charge in [0.25, 0.3) is 5.91 Å². The maximum atomic E-state index is 11.9. The number of amides is 1. The van der Waals surface area contributed by atoms with E-state index < -0.39 is 0 Å². The van der Waals surface area contributed by atoms with Crippen LogP contribution in [0.2, 0.25) is 0 Å². The average molecular weight is 393 g/mol. The fraction of sp³-hybridized carbons (Fsp3) is 0.500. The first-order valence-corrected chi connectivity index (χ1v) is 8.88. The van der Waals surface area contributed by atoms with Crippen LogP contribution >= 0.6 is 34.4 Å². The number of thioether (sulfide) groups is 1. The van der Waals surface area contributed by atoms with Gasteiger partial charge in [0.15, 0.2) is 0 Å². The van der Waals surface area contributed by atoms with Gasteiger partial charge in [-0.1, -0.05) is 12.8 Å². The van der Waals surface area contributed by atoms with Gasteiger partial charge in [0.05, 0.1) is 5.56 Å². The largest absolute Gasteiger partial charge is 0.507 e. The van der Waals surface area contributed by atoms with Gasteiger partial charge in [-0.05, 0) is 65.6 Å². The minimum atomic E-state index is -0.194. The molecule has 1 amide bonds. The number of carbonyl (C=O) groups is 1. The van der Waals surface area contributed by atoms with Crippen molar-refractivity contribution >= 4 is 40.3 Å². The van der Waals surface area contributed by atoms with Gasteiger partial charge >= 0.3 is 0 Å². The van der Waals surface area contributed by atoms with Crippen LogP contribution in [0.25, 0.3) is 0 Å². The summed E-state index contributed by atoms with van der Waals surface area (Å²) in [7, 11) is 0. The Balaban J connectivity index is 2.26. The summed E-state index contributed by atoms with van der Waals surface area (Å²) >= 11 is 4.00. The van der Waals surface area contributed by atoms with Crippen molar-refractivity contribution in [1.29, 1.82) is 0 Å². The first-order chi connectivity index (χ1) is 9.15. The highest BCUT2D eigenvalue weighted by atomic mass is 127. The van der Waals surface area contributed by atoms with Gasteiger partial charge in [0.2, 0.25) is 0 Å². The molecule has 1 rings (SSSR count). The predicted molar refractivity (Wildman–Crippen MR) is 90.0 cm³/mol. The molecule has 1 aromatic carbocycles.